The highest BCUT2D eigenvalue weighted by Crippen LogP contribution is 2.24. The lowest BCUT2D eigenvalue weighted by molar-refractivity contribution is -0.138. The SMILES string of the molecule is C.Cc1ccc2/c(=N/OCCC(=O)O)c3ccccc3n(CCCN)c2c1C. The maximum Gasteiger partial charge on any atom is 0.306 e. The summed E-state index contributed by atoms with van der Waals surface area (Å²) >= 11 is 0. The summed E-state index contributed by atoms with van der Waals surface area (Å²) in [4.78, 5) is 16.1. The number of fused-ring (bicyclic) bond motifs is 2. The number of nitrogens with zero attached hydrogens (tertiary/aromatic N) is 2. The Balaban J connectivity index is 0.00000280. The number of hydrogen-bond acceptors (Lipinski definition) is 4. The largest absolute Gasteiger partial charge is 0.481 e. The van der Waals surface area contributed by atoms with Crippen molar-refractivity contribution in [3.8, 4) is 0 Å². The van der Waals surface area contributed by atoms with Gasteiger partial charge in [0.25, 0.3) is 0 Å². The molecule has 0 radical (unpaired) electrons. The minimum atomic E-state index is -0.904. The van der Waals surface area contributed by atoms with Crippen LogP contribution in [0.25, 0.3) is 21.8 Å². The van der Waals surface area contributed by atoms with Gasteiger partial charge in [-0.25, -0.2) is 0 Å². The van der Waals surface area contributed by atoms with Crippen LogP contribution in [0.5, 0.6) is 0 Å². The summed E-state index contributed by atoms with van der Waals surface area (Å²) in [6, 6.07) is 12.2. The van der Waals surface area contributed by atoms with E-state index in [0.717, 1.165) is 40.1 Å². The van der Waals surface area contributed by atoms with Gasteiger partial charge in [-0.3, -0.25) is 4.79 Å². The molecule has 0 atom stereocenters. The van der Waals surface area contributed by atoms with Crippen LogP contribution in [0.2, 0.25) is 0 Å². The molecule has 28 heavy (non-hydrogen) atoms. The Kier molecular flexibility index (Phi) is 7.18. The molecule has 6 nitrogen and oxygen atoms in total. The van der Waals surface area contributed by atoms with Crippen molar-refractivity contribution in [2.24, 2.45) is 10.9 Å². The standard InChI is InChI=1S/C21H25N3O3.CH4/c1-14-8-9-17-20(23-27-13-10-19(25)26)16-6-3-4-7-18(16)24(12-5-11-22)21(17)15(14)2;/h3-4,6-9H,5,10-13,22H2,1-2H3,(H,25,26);1H4/b23-20+;. The van der Waals surface area contributed by atoms with Gasteiger partial charge < -0.3 is 20.2 Å². The molecule has 0 spiro atoms. The van der Waals surface area contributed by atoms with E-state index in [1.807, 2.05) is 18.2 Å². The van der Waals surface area contributed by atoms with Gasteiger partial charge in [0, 0.05) is 17.3 Å². The van der Waals surface area contributed by atoms with E-state index in [9.17, 15) is 4.79 Å². The van der Waals surface area contributed by atoms with E-state index in [4.69, 9.17) is 15.7 Å². The van der Waals surface area contributed by atoms with Crippen LogP contribution in [-0.4, -0.2) is 28.8 Å². The number of benzene rings is 2. The first-order valence-corrected chi connectivity index (χ1v) is 9.14. The Morgan fingerprint density at radius 2 is 1.93 bits per heavy atom. The zero-order valence-corrected chi connectivity index (χ0v) is 15.7. The van der Waals surface area contributed by atoms with E-state index < -0.39 is 5.97 Å². The van der Waals surface area contributed by atoms with Crippen molar-refractivity contribution in [1.29, 1.82) is 0 Å². The number of pyridine rings is 1. The molecular weight excluding hydrogens is 354 g/mol. The molecule has 0 aliphatic rings. The monoisotopic (exact) mass is 383 g/mol. The summed E-state index contributed by atoms with van der Waals surface area (Å²) in [5.41, 5.74) is 10.3. The number of hydrogen-bond donors (Lipinski definition) is 2. The molecule has 0 saturated carbocycles. The van der Waals surface area contributed by atoms with Crippen molar-refractivity contribution >= 4 is 27.8 Å². The molecule has 0 aliphatic heterocycles. The Morgan fingerprint density at radius 3 is 2.64 bits per heavy atom. The number of aryl methyl sites for hydroxylation is 3. The first kappa shape index (κ1) is 21.4. The fourth-order valence-corrected chi connectivity index (χ4v) is 3.34. The summed E-state index contributed by atoms with van der Waals surface area (Å²) in [5.74, 6) is -0.904. The number of carboxylic acid groups (broad SMARTS) is 1. The Hall–Kier alpha value is -2.86. The number of aromatic nitrogens is 1. The van der Waals surface area contributed by atoms with Crippen molar-refractivity contribution in [3.63, 3.8) is 0 Å². The minimum absolute atomic E-state index is 0. The first-order valence-electron chi connectivity index (χ1n) is 9.14. The lowest BCUT2D eigenvalue weighted by atomic mass is 10.0. The van der Waals surface area contributed by atoms with E-state index >= 15 is 0 Å². The Bertz CT molecular complexity index is 1050. The molecule has 0 amide bonds. The average Bonchev–Trinajstić information content (AvgIpc) is 2.66. The molecule has 3 rings (SSSR count). The molecule has 1 aromatic heterocycles. The fourth-order valence-electron chi connectivity index (χ4n) is 3.34. The normalized spacial score (nSPS) is 11.6. The molecule has 150 valence electrons. The van der Waals surface area contributed by atoms with Crippen molar-refractivity contribution in [2.45, 2.75) is 40.7 Å². The summed E-state index contributed by atoms with van der Waals surface area (Å²) < 4.78 is 2.30. The maximum absolute atomic E-state index is 10.7. The molecular formula is C22H29N3O3. The molecule has 0 fully saturated rings. The van der Waals surface area contributed by atoms with Crippen LogP contribution in [0.4, 0.5) is 0 Å². The smallest absolute Gasteiger partial charge is 0.306 e. The zero-order chi connectivity index (χ0) is 19.4. The van der Waals surface area contributed by atoms with Gasteiger partial charge in [0.05, 0.1) is 17.5 Å². The van der Waals surface area contributed by atoms with Crippen LogP contribution in [-0.2, 0) is 16.2 Å². The lowest BCUT2D eigenvalue weighted by Crippen LogP contribution is -2.16. The number of rotatable bonds is 7. The van der Waals surface area contributed by atoms with Gasteiger partial charge in [-0.2, -0.15) is 0 Å². The lowest BCUT2D eigenvalue weighted by Gasteiger charge is -2.18. The van der Waals surface area contributed by atoms with Gasteiger partial charge in [-0.1, -0.05) is 42.9 Å². The van der Waals surface area contributed by atoms with Crippen LogP contribution in [0, 0.1) is 13.8 Å². The van der Waals surface area contributed by atoms with E-state index in [1.54, 1.807) is 0 Å². The van der Waals surface area contributed by atoms with Crippen molar-refractivity contribution in [2.75, 3.05) is 13.2 Å². The van der Waals surface area contributed by atoms with Gasteiger partial charge in [0.15, 0.2) is 0 Å². The maximum atomic E-state index is 10.7. The highest BCUT2D eigenvalue weighted by atomic mass is 16.6. The Morgan fingerprint density at radius 1 is 1.18 bits per heavy atom. The number of carbonyl (C=O) groups is 1. The van der Waals surface area contributed by atoms with Crippen molar-refractivity contribution in [1.82, 2.24) is 4.57 Å². The van der Waals surface area contributed by atoms with E-state index in [1.165, 1.54) is 11.1 Å². The average molecular weight is 383 g/mol. The van der Waals surface area contributed by atoms with Crippen LogP contribution in [0.3, 0.4) is 0 Å². The predicted molar refractivity (Wildman–Crippen MR) is 113 cm³/mol. The quantitative estimate of drug-likeness (QED) is 0.370. The van der Waals surface area contributed by atoms with E-state index in [0.29, 0.717) is 6.54 Å². The topological polar surface area (TPSA) is 89.8 Å². The molecule has 0 unspecified atom stereocenters. The molecule has 2 aromatic carbocycles. The molecule has 0 aliphatic carbocycles. The number of nitrogens with two attached hydrogens (primary N) is 1. The zero-order valence-electron chi connectivity index (χ0n) is 15.7. The van der Waals surface area contributed by atoms with E-state index in [2.05, 4.69) is 41.8 Å². The fraction of sp³-hybridized carbons (Fsp3) is 0.364. The minimum Gasteiger partial charge on any atom is -0.481 e. The summed E-state index contributed by atoms with van der Waals surface area (Å²) in [6.07, 6.45) is 0.795. The van der Waals surface area contributed by atoms with Crippen molar-refractivity contribution < 1.29 is 14.7 Å². The van der Waals surface area contributed by atoms with Gasteiger partial charge in [-0.05, 0) is 44.0 Å². The second-order valence-corrected chi connectivity index (χ2v) is 6.63. The number of aliphatic carboxylic acids is 1. The van der Waals surface area contributed by atoms with Crippen LogP contribution in [0.1, 0.15) is 31.4 Å². The molecule has 6 heteroatoms. The molecule has 3 aromatic rings. The van der Waals surface area contributed by atoms with Crippen LogP contribution < -0.4 is 11.1 Å². The van der Waals surface area contributed by atoms with E-state index in [-0.39, 0.29) is 20.5 Å². The second-order valence-electron chi connectivity index (χ2n) is 6.63. The highest BCUT2D eigenvalue weighted by Gasteiger charge is 2.13. The summed E-state index contributed by atoms with van der Waals surface area (Å²) in [7, 11) is 0. The third-order valence-corrected chi connectivity index (χ3v) is 4.83. The molecule has 1 heterocycles. The summed E-state index contributed by atoms with van der Waals surface area (Å²) in [5, 5.41) is 15.8. The van der Waals surface area contributed by atoms with Crippen molar-refractivity contribution in [3.05, 3.63) is 52.9 Å². The summed E-state index contributed by atoms with van der Waals surface area (Å²) in [6.45, 7) is 5.69. The number of para-hydroxylation sites is 1. The predicted octanol–water partition coefficient (Wildman–Crippen LogP) is 3.70. The Labute approximate surface area is 165 Å². The third kappa shape index (κ3) is 4.17. The number of carboxylic acids is 1. The van der Waals surface area contributed by atoms with Crippen LogP contribution >= 0.6 is 0 Å². The molecule has 0 bridgehead atoms. The van der Waals surface area contributed by atoms with Gasteiger partial charge in [0.2, 0.25) is 0 Å². The van der Waals surface area contributed by atoms with Gasteiger partial charge in [0.1, 0.15) is 12.0 Å². The highest BCUT2D eigenvalue weighted by molar-refractivity contribution is 5.95. The first-order chi connectivity index (χ1) is 13.0. The molecule has 3 N–H and O–H groups in total. The third-order valence-electron chi connectivity index (χ3n) is 4.83. The second kappa shape index (κ2) is 9.37. The van der Waals surface area contributed by atoms with Crippen LogP contribution in [0.15, 0.2) is 41.6 Å². The molecule has 0 saturated heterocycles. The van der Waals surface area contributed by atoms with Gasteiger partial charge in [-0.15, -0.1) is 0 Å². The van der Waals surface area contributed by atoms with Gasteiger partial charge >= 0.3 is 5.97 Å².